The zero-order valence-corrected chi connectivity index (χ0v) is 10.7. The summed E-state index contributed by atoms with van der Waals surface area (Å²) in [5.41, 5.74) is 2.37. The molecule has 0 bridgehead atoms. The van der Waals surface area contributed by atoms with Crippen molar-refractivity contribution >= 4 is 5.57 Å². The highest BCUT2D eigenvalue weighted by Gasteiger charge is 2.29. The van der Waals surface area contributed by atoms with E-state index < -0.39 is 5.60 Å². The molecule has 2 aromatic carbocycles. The van der Waals surface area contributed by atoms with E-state index >= 15 is 0 Å². The molecule has 1 atom stereocenters. The number of hydrogen-bond donors (Lipinski definition) is 1. The zero-order valence-electron chi connectivity index (χ0n) is 10.7. The van der Waals surface area contributed by atoms with Crippen LogP contribution >= 0.6 is 0 Å². The minimum absolute atomic E-state index is 0.609. The van der Waals surface area contributed by atoms with E-state index in [9.17, 15) is 5.11 Å². The van der Waals surface area contributed by atoms with Crippen LogP contribution in [0, 0.1) is 0 Å². The maximum Gasteiger partial charge on any atom is 0.112 e. The lowest BCUT2D eigenvalue weighted by Crippen LogP contribution is -2.24. The minimum atomic E-state index is -0.902. The smallest absolute Gasteiger partial charge is 0.112 e. The van der Waals surface area contributed by atoms with Crippen molar-refractivity contribution in [2.75, 3.05) is 0 Å². The maximum atomic E-state index is 10.8. The molecular formula is C18H16O. The fraction of sp³-hybridized carbons (Fsp3) is 0.111. The molecular weight excluding hydrogens is 232 g/mol. The molecule has 1 nitrogen and oxygen atoms in total. The van der Waals surface area contributed by atoms with Crippen LogP contribution in [-0.4, -0.2) is 5.11 Å². The minimum Gasteiger partial charge on any atom is -0.381 e. The number of rotatable bonds is 2. The van der Waals surface area contributed by atoms with E-state index in [4.69, 9.17) is 0 Å². The first kappa shape index (κ1) is 11.9. The summed E-state index contributed by atoms with van der Waals surface area (Å²) in [6.45, 7) is 0. The fourth-order valence-corrected chi connectivity index (χ4v) is 2.51. The van der Waals surface area contributed by atoms with E-state index in [0.29, 0.717) is 6.42 Å². The Labute approximate surface area is 113 Å². The summed E-state index contributed by atoms with van der Waals surface area (Å²) in [7, 11) is 0. The van der Waals surface area contributed by atoms with Crippen molar-refractivity contribution < 1.29 is 5.11 Å². The first-order chi connectivity index (χ1) is 9.28. The second-order valence-corrected chi connectivity index (χ2v) is 4.88. The molecule has 0 saturated carbocycles. The lowest BCUT2D eigenvalue weighted by atomic mass is 9.82. The molecule has 1 aliphatic carbocycles. The summed E-state index contributed by atoms with van der Waals surface area (Å²) >= 11 is 0. The third-order valence-electron chi connectivity index (χ3n) is 3.55. The fourth-order valence-electron chi connectivity index (χ4n) is 2.51. The Hall–Kier alpha value is -2.12. The van der Waals surface area contributed by atoms with Crippen LogP contribution in [0.1, 0.15) is 17.5 Å². The molecule has 0 saturated heterocycles. The van der Waals surface area contributed by atoms with Gasteiger partial charge in [0, 0.05) is 6.42 Å². The van der Waals surface area contributed by atoms with Crippen molar-refractivity contribution in [3.05, 3.63) is 90.0 Å². The Kier molecular flexibility index (Phi) is 3.06. The molecule has 1 N–H and O–H groups in total. The van der Waals surface area contributed by atoms with Crippen LogP contribution in [-0.2, 0) is 5.60 Å². The molecule has 0 heterocycles. The van der Waals surface area contributed by atoms with Gasteiger partial charge >= 0.3 is 0 Å². The van der Waals surface area contributed by atoms with E-state index in [1.165, 1.54) is 5.56 Å². The second kappa shape index (κ2) is 4.87. The van der Waals surface area contributed by atoms with E-state index in [0.717, 1.165) is 11.1 Å². The third kappa shape index (κ3) is 2.38. The van der Waals surface area contributed by atoms with Crippen molar-refractivity contribution in [2.24, 2.45) is 0 Å². The summed E-state index contributed by atoms with van der Waals surface area (Å²) in [5, 5.41) is 10.8. The molecule has 0 aromatic heterocycles. The van der Waals surface area contributed by atoms with Gasteiger partial charge in [0.2, 0.25) is 0 Å². The molecule has 0 radical (unpaired) electrons. The van der Waals surface area contributed by atoms with Gasteiger partial charge < -0.3 is 5.11 Å². The lowest BCUT2D eigenvalue weighted by Gasteiger charge is -2.29. The van der Waals surface area contributed by atoms with Gasteiger partial charge in [-0.05, 0) is 22.8 Å². The largest absolute Gasteiger partial charge is 0.381 e. The van der Waals surface area contributed by atoms with Gasteiger partial charge in [0.05, 0.1) is 0 Å². The average Bonchev–Trinajstić information content (AvgIpc) is 2.49. The number of hydrogen-bond acceptors (Lipinski definition) is 1. The van der Waals surface area contributed by atoms with Gasteiger partial charge in [0.1, 0.15) is 5.60 Å². The molecule has 0 spiro atoms. The SMILES string of the molecule is OC1(c2ccccc2)C=CC=C(c2ccccc2)C1. The van der Waals surface area contributed by atoms with Crippen LogP contribution in [0.2, 0.25) is 0 Å². The molecule has 19 heavy (non-hydrogen) atoms. The van der Waals surface area contributed by atoms with Gasteiger partial charge in [-0.1, -0.05) is 72.8 Å². The second-order valence-electron chi connectivity index (χ2n) is 4.88. The van der Waals surface area contributed by atoms with Gasteiger partial charge in [-0.2, -0.15) is 0 Å². The normalized spacial score (nSPS) is 22.1. The van der Waals surface area contributed by atoms with Crippen molar-refractivity contribution in [3.63, 3.8) is 0 Å². The number of benzene rings is 2. The van der Waals surface area contributed by atoms with E-state index in [-0.39, 0.29) is 0 Å². The molecule has 1 unspecified atom stereocenters. The standard InChI is InChI=1S/C18H16O/c19-18(17-11-5-2-6-12-17)13-7-10-16(14-18)15-8-3-1-4-9-15/h1-13,19H,14H2. The Morgan fingerprint density at radius 2 is 1.47 bits per heavy atom. The predicted molar refractivity (Wildman–Crippen MR) is 78.5 cm³/mol. The predicted octanol–water partition coefficient (Wildman–Crippen LogP) is 3.92. The zero-order chi connectivity index (χ0) is 13.1. The van der Waals surface area contributed by atoms with Gasteiger partial charge in [-0.15, -0.1) is 0 Å². The van der Waals surface area contributed by atoms with E-state index in [1.807, 2.05) is 60.7 Å². The van der Waals surface area contributed by atoms with Crippen molar-refractivity contribution in [2.45, 2.75) is 12.0 Å². The Morgan fingerprint density at radius 3 is 2.16 bits per heavy atom. The maximum absolute atomic E-state index is 10.8. The van der Waals surface area contributed by atoms with Crippen LogP contribution in [0.15, 0.2) is 78.9 Å². The van der Waals surface area contributed by atoms with Crippen molar-refractivity contribution in [1.29, 1.82) is 0 Å². The van der Waals surface area contributed by atoms with Crippen molar-refractivity contribution in [3.8, 4) is 0 Å². The average molecular weight is 248 g/mol. The number of aliphatic hydroxyl groups is 1. The van der Waals surface area contributed by atoms with Crippen LogP contribution in [0.25, 0.3) is 5.57 Å². The van der Waals surface area contributed by atoms with Crippen LogP contribution in [0.4, 0.5) is 0 Å². The van der Waals surface area contributed by atoms with E-state index in [2.05, 4.69) is 18.2 Å². The summed E-state index contributed by atoms with van der Waals surface area (Å²) in [6, 6.07) is 20.0. The highest BCUT2D eigenvalue weighted by molar-refractivity contribution is 5.70. The third-order valence-corrected chi connectivity index (χ3v) is 3.55. The van der Waals surface area contributed by atoms with E-state index in [1.54, 1.807) is 0 Å². The highest BCUT2D eigenvalue weighted by Crippen LogP contribution is 2.36. The molecule has 1 heteroatoms. The topological polar surface area (TPSA) is 20.2 Å². The van der Waals surface area contributed by atoms with Crippen LogP contribution in [0.5, 0.6) is 0 Å². The Bertz CT molecular complexity index is 611. The molecule has 0 amide bonds. The molecule has 2 aromatic rings. The first-order valence-electron chi connectivity index (χ1n) is 6.50. The van der Waals surface area contributed by atoms with Crippen LogP contribution in [0.3, 0.4) is 0 Å². The summed E-state index contributed by atoms with van der Waals surface area (Å²) in [4.78, 5) is 0. The highest BCUT2D eigenvalue weighted by atomic mass is 16.3. The molecule has 0 fully saturated rings. The summed E-state index contributed by atoms with van der Waals surface area (Å²) in [5.74, 6) is 0. The Balaban J connectivity index is 1.94. The summed E-state index contributed by atoms with van der Waals surface area (Å²) < 4.78 is 0. The quantitative estimate of drug-likeness (QED) is 0.854. The molecule has 1 aliphatic rings. The first-order valence-corrected chi connectivity index (χ1v) is 6.50. The van der Waals surface area contributed by atoms with Gasteiger partial charge in [0.15, 0.2) is 0 Å². The molecule has 0 aliphatic heterocycles. The molecule has 94 valence electrons. The summed E-state index contributed by atoms with van der Waals surface area (Å²) in [6.07, 6.45) is 6.50. The Morgan fingerprint density at radius 1 is 0.842 bits per heavy atom. The van der Waals surface area contributed by atoms with Gasteiger partial charge in [-0.3, -0.25) is 0 Å². The number of allylic oxidation sites excluding steroid dienone is 2. The van der Waals surface area contributed by atoms with Crippen molar-refractivity contribution in [1.82, 2.24) is 0 Å². The van der Waals surface area contributed by atoms with Gasteiger partial charge in [-0.25, -0.2) is 0 Å². The lowest BCUT2D eigenvalue weighted by molar-refractivity contribution is 0.0943. The van der Waals surface area contributed by atoms with Gasteiger partial charge in [0.25, 0.3) is 0 Å². The monoisotopic (exact) mass is 248 g/mol. The molecule has 3 rings (SSSR count). The van der Waals surface area contributed by atoms with Crippen LogP contribution < -0.4 is 0 Å².